The Kier molecular flexibility index (Phi) is 4.71. The van der Waals surface area contributed by atoms with E-state index in [2.05, 4.69) is 5.32 Å². The van der Waals surface area contributed by atoms with Crippen LogP contribution in [0.2, 0.25) is 0 Å². The number of carboxylic acid groups (broad SMARTS) is 1. The third-order valence-electron chi connectivity index (χ3n) is 2.69. The van der Waals surface area contributed by atoms with Crippen LogP contribution in [0.25, 0.3) is 0 Å². The average molecular weight is 245 g/mol. The van der Waals surface area contributed by atoms with Gasteiger partial charge in [0.05, 0.1) is 12.6 Å². The molecule has 2 atom stereocenters. The van der Waals surface area contributed by atoms with Crippen molar-refractivity contribution in [1.82, 2.24) is 15.1 Å². The van der Waals surface area contributed by atoms with E-state index in [1.54, 1.807) is 0 Å². The molecule has 17 heavy (non-hydrogen) atoms. The molecule has 98 valence electrons. The largest absolute Gasteiger partial charge is 0.465 e. The fourth-order valence-corrected chi connectivity index (χ4v) is 1.79. The van der Waals surface area contributed by atoms with Crippen molar-refractivity contribution in [2.75, 3.05) is 33.7 Å². The summed E-state index contributed by atoms with van der Waals surface area (Å²) in [6.45, 7) is 1.15. The second kappa shape index (κ2) is 5.83. The van der Waals surface area contributed by atoms with Crippen molar-refractivity contribution < 1.29 is 19.8 Å². The van der Waals surface area contributed by atoms with Crippen molar-refractivity contribution in [1.29, 1.82) is 0 Å². The Morgan fingerprint density at radius 2 is 2.12 bits per heavy atom. The summed E-state index contributed by atoms with van der Waals surface area (Å²) in [5.41, 5.74) is 0. The monoisotopic (exact) mass is 245 g/mol. The number of amides is 2. The molecule has 0 bridgehead atoms. The van der Waals surface area contributed by atoms with Gasteiger partial charge in [0, 0.05) is 19.5 Å². The van der Waals surface area contributed by atoms with Gasteiger partial charge in [0.2, 0.25) is 5.91 Å². The topological polar surface area (TPSA) is 93.1 Å². The minimum absolute atomic E-state index is 0.00109. The molecule has 1 heterocycles. The molecule has 2 amide bonds. The third-order valence-corrected chi connectivity index (χ3v) is 2.69. The van der Waals surface area contributed by atoms with Crippen LogP contribution in [0, 0.1) is 0 Å². The van der Waals surface area contributed by atoms with Crippen molar-refractivity contribution in [2.24, 2.45) is 0 Å². The molecule has 1 rings (SSSR count). The normalized spacial score (nSPS) is 24.1. The number of hydrogen-bond acceptors (Lipinski definition) is 4. The Bertz CT molecular complexity index is 295. The summed E-state index contributed by atoms with van der Waals surface area (Å²) < 4.78 is 0. The molecule has 7 nitrogen and oxygen atoms in total. The lowest BCUT2D eigenvalue weighted by Crippen LogP contribution is -2.46. The van der Waals surface area contributed by atoms with Crippen LogP contribution in [0.3, 0.4) is 0 Å². The van der Waals surface area contributed by atoms with Gasteiger partial charge in [-0.25, -0.2) is 4.79 Å². The zero-order valence-corrected chi connectivity index (χ0v) is 10.1. The van der Waals surface area contributed by atoms with Crippen molar-refractivity contribution in [2.45, 2.75) is 18.6 Å². The second-order valence-corrected chi connectivity index (χ2v) is 4.43. The van der Waals surface area contributed by atoms with Gasteiger partial charge in [-0.15, -0.1) is 0 Å². The van der Waals surface area contributed by atoms with E-state index in [1.165, 1.54) is 0 Å². The second-order valence-electron chi connectivity index (χ2n) is 4.43. The molecule has 1 fully saturated rings. The van der Waals surface area contributed by atoms with Crippen LogP contribution in [0.15, 0.2) is 0 Å². The molecule has 7 heteroatoms. The molecule has 1 saturated heterocycles. The molecule has 0 unspecified atom stereocenters. The van der Waals surface area contributed by atoms with Crippen molar-refractivity contribution in [3.05, 3.63) is 0 Å². The lowest BCUT2D eigenvalue weighted by atomic mass is 10.2. The molecule has 0 aromatic heterocycles. The van der Waals surface area contributed by atoms with Crippen LogP contribution < -0.4 is 5.32 Å². The molecule has 0 aliphatic carbocycles. The van der Waals surface area contributed by atoms with Crippen LogP contribution in [-0.4, -0.2) is 77.9 Å². The zero-order chi connectivity index (χ0) is 13.0. The summed E-state index contributed by atoms with van der Waals surface area (Å²) in [6.07, 6.45) is -1.76. The zero-order valence-electron chi connectivity index (χ0n) is 10.1. The maximum Gasteiger partial charge on any atom is 0.408 e. The van der Waals surface area contributed by atoms with Crippen LogP contribution >= 0.6 is 0 Å². The van der Waals surface area contributed by atoms with Crippen LogP contribution in [0.5, 0.6) is 0 Å². The van der Waals surface area contributed by atoms with Gasteiger partial charge in [0.1, 0.15) is 6.04 Å². The quantitative estimate of drug-likeness (QED) is 0.577. The number of nitrogens with zero attached hydrogens (tertiary/aromatic N) is 2. The van der Waals surface area contributed by atoms with Gasteiger partial charge in [0.25, 0.3) is 0 Å². The molecule has 0 saturated carbocycles. The van der Waals surface area contributed by atoms with Crippen molar-refractivity contribution in [3.63, 3.8) is 0 Å². The number of aliphatic hydroxyl groups is 1. The summed E-state index contributed by atoms with van der Waals surface area (Å²) in [5, 5.41) is 20.9. The predicted molar refractivity (Wildman–Crippen MR) is 60.7 cm³/mol. The Labute approximate surface area is 100.0 Å². The lowest BCUT2D eigenvalue weighted by molar-refractivity contribution is -0.125. The van der Waals surface area contributed by atoms with Crippen LogP contribution in [0.1, 0.15) is 6.42 Å². The molecule has 1 aliphatic rings. The lowest BCUT2D eigenvalue weighted by Gasteiger charge is -2.20. The number of aliphatic hydroxyl groups excluding tert-OH is 1. The smallest absolute Gasteiger partial charge is 0.408 e. The van der Waals surface area contributed by atoms with Gasteiger partial charge in [0.15, 0.2) is 0 Å². The summed E-state index contributed by atoms with van der Waals surface area (Å²) in [5.74, 6) is -0.342. The van der Waals surface area contributed by atoms with E-state index in [1.807, 2.05) is 19.0 Å². The van der Waals surface area contributed by atoms with E-state index in [0.29, 0.717) is 13.1 Å². The number of likely N-dealkylation sites (N-methyl/N-ethyl adjacent to an activating group) is 1. The maximum absolute atomic E-state index is 11.7. The molecular weight excluding hydrogens is 226 g/mol. The summed E-state index contributed by atoms with van der Waals surface area (Å²) in [7, 11) is 3.77. The Hall–Kier alpha value is -1.34. The van der Waals surface area contributed by atoms with Gasteiger partial charge < -0.3 is 20.4 Å². The molecule has 0 radical (unpaired) electrons. The SMILES string of the molecule is CN(C)CCNC(=O)[C@@H]1C[C@H](O)CN1C(=O)O. The number of hydrogen-bond donors (Lipinski definition) is 3. The van der Waals surface area contributed by atoms with E-state index in [4.69, 9.17) is 5.11 Å². The molecule has 0 aromatic rings. The van der Waals surface area contributed by atoms with E-state index >= 15 is 0 Å². The summed E-state index contributed by atoms with van der Waals surface area (Å²) >= 11 is 0. The minimum atomic E-state index is -1.17. The van der Waals surface area contributed by atoms with E-state index in [9.17, 15) is 14.7 Å². The first-order valence-corrected chi connectivity index (χ1v) is 5.52. The third kappa shape index (κ3) is 3.86. The van der Waals surface area contributed by atoms with Gasteiger partial charge >= 0.3 is 6.09 Å². The minimum Gasteiger partial charge on any atom is -0.465 e. The summed E-state index contributed by atoms with van der Waals surface area (Å²) in [6, 6.07) is -0.773. The number of carbonyl (C=O) groups excluding carboxylic acids is 1. The fourth-order valence-electron chi connectivity index (χ4n) is 1.79. The number of rotatable bonds is 4. The van der Waals surface area contributed by atoms with Gasteiger partial charge in [-0.3, -0.25) is 9.69 Å². The fraction of sp³-hybridized carbons (Fsp3) is 0.800. The Balaban J connectivity index is 2.47. The van der Waals surface area contributed by atoms with Crippen molar-refractivity contribution in [3.8, 4) is 0 Å². The molecule has 1 aliphatic heterocycles. The number of nitrogens with one attached hydrogen (secondary N) is 1. The number of carbonyl (C=O) groups is 2. The first-order valence-electron chi connectivity index (χ1n) is 5.52. The first-order chi connectivity index (χ1) is 7.91. The molecule has 0 spiro atoms. The van der Waals surface area contributed by atoms with Crippen molar-refractivity contribution >= 4 is 12.0 Å². The van der Waals surface area contributed by atoms with Gasteiger partial charge in [-0.2, -0.15) is 0 Å². The predicted octanol–water partition coefficient (Wildman–Crippen LogP) is -1.22. The molecule has 0 aromatic carbocycles. The first kappa shape index (κ1) is 13.7. The van der Waals surface area contributed by atoms with E-state index < -0.39 is 18.2 Å². The molecular formula is C10H19N3O4. The Morgan fingerprint density at radius 3 is 2.65 bits per heavy atom. The highest BCUT2D eigenvalue weighted by molar-refractivity contribution is 5.85. The van der Waals surface area contributed by atoms with E-state index in [-0.39, 0.29) is 18.9 Å². The highest BCUT2D eigenvalue weighted by atomic mass is 16.4. The van der Waals surface area contributed by atoms with Crippen LogP contribution in [-0.2, 0) is 4.79 Å². The van der Waals surface area contributed by atoms with Gasteiger partial charge in [-0.1, -0.05) is 0 Å². The van der Waals surface area contributed by atoms with Gasteiger partial charge in [-0.05, 0) is 14.1 Å². The Morgan fingerprint density at radius 1 is 1.47 bits per heavy atom. The maximum atomic E-state index is 11.7. The summed E-state index contributed by atoms with van der Waals surface area (Å²) in [4.78, 5) is 25.5. The van der Waals surface area contributed by atoms with E-state index in [0.717, 1.165) is 4.90 Å². The average Bonchev–Trinajstić information content (AvgIpc) is 2.59. The standard InChI is InChI=1S/C10H19N3O4/c1-12(2)4-3-11-9(15)8-5-7(14)6-13(8)10(16)17/h7-8,14H,3-6H2,1-2H3,(H,11,15)(H,16,17)/t7-,8-/m0/s1. The number of β-amino-alcohol motifs (C(OH)–C–C–N with tert-alkyl or cyclic N) is 1. The highest BCUT2D eigenvalue weighted by Crippen LogP contribution is 2.17. The van der Waals surface area contributed by atoms with Crippen LogP contribution in [0.4, 0.5) is 4.79 Å². The highest BCUT2D eigenvalue weighted by Gasteiger charge is 2.38. The number of likely N-dealkylation sites (tertiary alicyclic amines) is 1. The molecule has 3 N–H and O–H groups in total.